The lowest BCUT2D eigenvalue weighted by Crippen LogP contribution is -2.20. The van der Waals surface area contributed by atoms with E-state index in [2.05, 4.69) is 25.7 Å². The lowest BCUT2D eigenvalue weighted by Gasteiger charge is -2.16. The molecule has 0 aliphatic carbocycles. The van der Waals surface area contributed by atoms with E-state index in [-0.39, 0.29) is 16.5 Å². The SMILES string of the molecule is OCc1cnc(OC(F)(F)F)c(C(F)F)c1CBr. The second kappa shape index (κ2) is 5.79. The van der Waals surface area contributed by atoms with E-state index in [1.54, 1.807) is 0 Å². The van der Waals surface area contributed by atoms with Crippen molar-refractivity contribution in [1.82, 2.24) is 4.98 Å². The summed E-state index contributed by atoms with van der Waals surface area (Å²) in [5.74, 6) is -1.20. The van der Waals surface area contributed by atoms with Crippen molar-refractivity contribution in [2.75, 3.05) is 0 Å². The molecule has 0 bridgehead atoms. The molecule has 0 unspecified atom stereocenters. The minimum absolute atomic E-state index is 0.0108. The summed E-state index contributed by atoms with van der Waals surface area (Å²) in [4.78, 5) is 3.16. The fourth-order valence-electron chi connectivity index (χ4n) is 1.30. The topological polar surface area (TPSA) is 42.4 Å². The quantitative estimate of drug-likeness (QED) is 0.678. The summed E-state index contributed by atoms with van der Waals surface area (Å²) < 4.78 is 65.1. The average molecular weight is 336 g/mol. The molecule has 0 fully saturated rings. The van der Waals surface area contributed by atoms with Crippen molar-refractivity contribution in [2.45, 2.75) is 24.7 Å². The third-order valence-electron chi connectivity index (χ3n) is 2.02. The predicted octanol–water partition coefficient (Wildman–Crippen LogP) is 3.31. The van der Waals surface area contributed by atoms with Crippen LogP contribution in [-0.4, -0.2) is 16.5 Å². The normalized spacial score (nSPS) is 12.0. The minimum atomic E-state index is -5.11. The Morgan fingerprint density at radius 2 is 2.00 bits per heavy atom. The van der Waals surface area contributed by atoms with Crippen LogP contribution in [0.3, 0.4) is 0 Å². The molecule has 0 aromatic carbocycles. The summed E-state index contributed by atoms with van der Waals surface area (Å²) >= 11 is 2.87. The number of alkyl halides is 6. The van der Waals surface area contributed by atoms with E-state index in [9.17, 15) is 22.0 Å². The summed E-state index contributed by atoms with van der Waals surface area (Å²) in [6.45, 7) is -0.611. The van der Waals surface area contributed by atoms with Crippen LogP contribution in [0.1, 0.15) is 23.1 Å². The summed E-state index contributed by atoms with van der Waals surface area (Å²) in [6, 6.07) is 0. The molecule has 0 amide bonds. The van der Waals surface area contributed by atoms with Gasteiger partial charge in [0, 0.05) is 17.1 Å². The van der Waals surface area contributed by atoms with Crippen molar-refractivity contribution in [3.05, 3.63) is 22.9 Å². The van der Waals surface area contributed by atoms with Crippen LogP contribution >= 0.6 is 15.9 Å². The molecule has 9 heteroatoms. The van der Waals surface area contributed by atoms with E-state index >= 15 is 0 Å². The Morgan fingerprint density at radius 3 is 2.39 bits per heavy atom. The minimum Gasteiger partial charge on any atom is -0.392 e. The van der Waals surface area contributed by atoms with Gasteiger partial charge in [0.2, 0.25) is 5.88 Å². The van der Waals surface area contributed by atoms with E-state index in [0.717, 1.165) is 6.20 Å². The second-order valence-electron chi connectivity index (χ2n) is 3.12. The molecule has 1 heterocycles. The maximum atomic E-state index is 12.8. The smallest absolute Gasteiger partial charge is 0.392 e. The Morgan fingerprint density at radius 1 is 1.39 bits per heavy atom. The Balaban J connectivity index is 3.35. The molecule has 1 aromatic heterocycles. The first-order valence-corrected chi connectivity index (χ1v) is 5.63. The van der Waals surface area contributed by atoms with Crippen LogP contribution < -0.4 is 4.74 Å². The Hall–Kier alpha value is -0.960. The fourth-order valence-corrected chi connectivity index (χ4v) is 1.96. The van der Waals surface area contributed by atoms with Crippen LogP contribution in [0.4, 0.5) is 22.0 Å². The third kappa shape index (κ3) is 3.52. The summed E-state index contributed by atoms with van der Waals surface area (Å²) in [7, 11) is 0. The molecule has 1 N–H and O–H groups in total. The molecule has 0 saturated heterocycles. The van der Waals surface area contributed by atoms with E-state index in [0.29, 0.717) is 0 Å². The zero-order valence-electron chi connectivity index (χ0n) is 8.64. The molecule has 0 aliphatic rings. The highest BCUT2D eigenvalue weighted by Gasteiger charge is 2.35. The van der Waals surface area contributed by atoms with Gasteiger partial charge in [-0.2, -0.15) is 0 Å². The Labute approximate surface area is 107 Å². The molecular formula is C9H7BrF5NO2. The highest BCUT2D eigenvalue weighted by molar-refractivity contribution is 9.08. The van der Waals surface area contributed by atoms with Crippen molar-refractivity contribution in [3.8, 4) is 5.88 Å². The summed E-state index contributed by atoms with van der Waals surface area (Å²) in [5.41, 5.74) is -1.13. The van der Waals surface area contributed by atoms with E-state index in [1.807, 2.05) is 0 Å². The highest BCUT2D eigenvalue weighted by atomic mass is 79.9. The number of nitrogens with zero attached hydrogens (tertiary/aromatic N) is 1. The van der Waals surface area contributed by atoms with E-state index in [1.165, 1.54) is 0 Å². The van der Waals surface area contributed by atoms with Gasteiger partial charge in [-0.05, 0) is 5.56 Å². The molecule has 102 valence electrons. The third-order valence-corrected chi connectivity index (χ3v) is 2.58. The number of hydrogen-bond donors (Lipinski definition) is 1. The maximum absolute atomic E-state index is 12.8. The molecule has 18 heavy (non-hydrogen) atoms. The second-order valence-corrected chi connectivity index (χ2v) is 3.68. The molecule has 0 saturated carbocycles. The number of rotatable bonds is 4. The number of pyridine rings is 1. The largest absolute Gasteiger partial charge is 0.574 e. The molecule has 3 nitrogen and oxygen atoms in total. The van der Waals surface area contributed by atoms with Gasteiger partial charge in [-0.15, -0.1) is 13.2 Å². The number of aliphatic hydroxyl groups excluding tert-OH is 1. The Bertz CT molecular complexity index is 424. The molecule has 0 radical (unpaired) electrons. The van der Waals surface area contributed by atoms with Crippen molar-refractivity contribution in [1.29, 1.82) is 0 Å². The van der Waals surface area contributed by atoms with Crippen LogP contribution in [0.5, 0.6) is 5.88 Å². The van der Waals surface area contributed by atoms with Gasteiger partial charge < -0.3 is 9.84 Å². The van der Waals surface area contributed by atoms with Gasteiger partial charge in [-0.3, -0.25) is 0 Å². The van der Waals surface area contributed by atoms with E-state index < -0.39 is 30.8 Å². The first kappa shape index (κ1) is 15.1. The van der Waals surface area contributed by atoms with Crippen LogP contribution in [0, 0.1) is 0 Å². The van der Waals surface area contributed by atoms with Crippen molar-refractivity contribution in [3.63, 3.8) is 0 Å². The molecule has 1 rings (SSSR count). The van der Waals surface area contributed by atoms with Gasteiger partial charge in [0.15, 0.2) is 0 Å². The average Bonchev–Trinajstić information content (AvgIpc) is 2.25. The van der Waals surface area contributed by atoms with Gasteiger partial charge in [0.1, 0.15) is 0 Å². The monoisotopic (exact) mass is 335 g/mol. The molecule has 0 spiro atoms. The van der Waals surface area contributed by atoms with Gasteiger partial charge >= 0.3 is 6.36 Å². The van der Waals surface area contributed by atoms with Crippen molar-refractivity contribution in [2.24, 2.45) is 0 Å². The zero-order valence-corrected chi connectivity index (χ0v) is 10.2. The lowest BCUT2D eigenvalue weighted by atomic mass is 10.1. The number of ether oxygens (including phenoxy) is 1. The highest BCUT2D eigenvalue weighted by Crippen LogP contribution is 2.36. The fraction of sp³-hybridized carbons (Fsp3) is 0.444. The van der Waals surface area contributed by atoms with Gasteiger partial charge in [-0.25, -0.2) is 13.8 Å². The summed E-state index contributed by atoms with van der Waals surface area (Å²) in [6.07, 6.45) is -7.45. The van der Waals surface area contributed by atoms with Crippen LogP contribution in [-0.2, 0) is 11.9 Å². The van der Waals surface area contributed by atoms with Crippen molar-refractivity contribution >= 4 is 15.9 Å². The van der Waals surface area contributed by atoms with Gasteiger partial charge in [0.25, 0.3) is 6.43 Å². The lowest BCUT2D eigenvalue weighted by molar-refractivity contribution is -0.276. The number of halogens is 6. The molecule has 0 aliphatic heterocycles. The van der Waals surface area contributed by atoms with Crippen LogP contribution in [0.25, 0.3) is 0 Å². The number of aliphatic hydroxyl groups is 1. The van der Waals surface area contributed by atoms with E-state index in [4.69, 9.17) is 5.11 Å². The zero-order chi connectivity index (χ0) is 13.9. The number of aromatic nitrogens is 1. The standard InChI is InChI=1S/C9H7BrF5NO2/c10-1-5-4(3-17)2-16-8(6(5)7(11)12)18-9(13,14)15/h2,7,17H,1,3H2. The molecular weight excluding hydrogens is 329 g/mol. The first-order chi connectivity index (χ1) is 8.30. The number of hydrogen-bond acceptors (Lipinski definition) is 3. The van der Waals surface area contributed by atoms with Gasteiger partial charge in [-0.1, -0.05) is 15.9 Å². The molecule has 0 atom stereocenters. The predicted molar refractivity (Wildman–Crippen MR) is 54.4 cm³/mol. The first-order valence-electron chi connectivity index (χ1n) is 4.51. The van der Waals surface area contributed by atoms with Gasteiger partial charge in [0.05, 0.1) is 12.2 Å². The van der Waals surface area contributed by atoms with Crippen molar-refractivity contribution < 1.29 is 31.8 Å². The van der Waals surface area contributed by atoms with Crippen LogP contribution in [0.15, 0.2) is 6.20 Å². The molecule has 1 aromatic rings. The maximum Gasteiger partial charge on any atom is 0.574 e. The van der Waals surface area contributed by atoms with Crippen LogP contribution in [0.2, 0.25) is 0 Å². The summed E-state index contributed by atoms with van der Waals surface area (Å²) in [5, 5.41) is 8.76. The Kier molecular flexibility index (Phi) is 4.85.